The van der Waals surface area contributed by atoms with Gasteiger partial charge in [-0.05, 0) is 23.3 Å². The molecule has 1 aliphatic rings. The third-order valence-electron chi connectivity index (χ3n) is 5.40. The molecule has 156 valence electrons. The Kier molecular flexibility index (Phi) is 6.29. The number of aromatic nitrogens is 2. The summed E-state index contributed by atoms with van der Waals surface area (Å²) in [5.41, 5.74) is 9.49. The van der Waals surface area contributed by atoms with Crippen molar-refractivity contribution in [2.75, 3.05) is 49.2 Å². The summed E-state index contributed by atoms with van der Waals surface area (Å²) in [5, 5.41) is 3.33. The van der Waals surface area contributed by atoms with E-state index in [0.717, 1.165) is 49.9 Å². The summed E-state index contributed by atoms with van der Waals surface area (Å²) >= 11 is 0. The Morgan fingerprint density at radius 1 is 0.933 bits per heavy atom. The van der Waals surface area contributed by atoms with Gasteiger partial charge in [0.15, 0.2) is 11.6 Å². The molecule has 3 N–H and O–H groups in total. The number of rotatable bonds is 7. The first-order valence-electron chi connectivity index (χ1n) is 10.2. The summed E-state index contributed by atoms with van der Waals surface area (Å²) in [6.45, 7) is 5.36. The van der Waals surface area contributed by atoms with Crippen molar-refractivity contribution >= 4 is 17.3 Å². The molecule has 1 saturated heterocycles. The van der Waals surface area contributed by atoms with E-state index < -0.39 is 0 Å². The summed E-state index contributed by atoms with van der Waals surface area (Å²) < 4.78 is 5.20. The van der Waals surface area contributed by atoms with Gasteiger partial charge < -0.3 is 20.7 Å². The fraction of sp³-hybridized carbons (Fsp3) is 0.304. The van der Waals surface area contributed by atoms with Gasteiger partial charge in [-0.2, -0.15) is 0 Å². The van der Waals surface area contributed by atoms with Gasteiger partial charge in [-0.1, -0.05) is 42.5 Å². The number of piperazine rings is 1. The quantitative estimate of drug-likeness (QED) is 0.627. The number of nitrogens with two attached hydrogens (primary N) is 1. The van der Waals surface area contributed by atoms with E-state index in [2.05, 4.69) is 55.4 Å². The largest absolute Gasteiger partial charge is 0.497 e. The van der Waals surface area contributed by atoms with E-state index in [1.807, 2.05) is 24.3 Å². The maximum Gasteiger partial charge on any atom is 0.157 e. The number of hydrogen-bond donors (Lipinski definition) is 2. The highest BCUT2D eigenvalue weighted by Crippen LogP contribution is 2.27. The second-order valence-electron chi connectivity index (χ2n) is 7.41. The molecule has 2 aromatic carbocycles. The van der Waals surface area contributed by atoms with Gasteiger partial charge >= 0.3 is 0 Å². The minimum atomic E-state index is 0.600. The van der Waals surface area contributed by atoms with Crippen LogP contribution in [-0.4, -0.2) is 48.2 Å². The third-order valence-corrected chi connectivity index (χ3v) is 5.40. The average Bonchev–Trinajstić information content (AvgIpc) is 2.80. The Labute approximate surface area is 177 Å². The van der Waals surface area contributed by atoms with Gasteiger partial charge in [0.25, 0.3) is 0 Å². The lowest BCUT2D eigenvalue weighted by Gasteiger charge is -2.36. The van der Waals surface area contributed by atoms with E-state index in [-0.39, 0.29) is 0 Å². The molecule has 1 aliphatic heterocycles. The topological polar surface area (TPSA) is 79.5 Å². The third kappa shape index (κ3) is 4.80. The van der Waals surface area contributed by atoms with Crippen LogP contribution in [0.4, 0.5) is 17.3 Å². The maximum atomic E-state index is 6.42. The maximum absolute atomic E-state index is 6.42. The molecule has 0 unspecified atom stereocenters. The van der Waals surface area contributed by atoms with Crippen LogP contribution in [0.25, 0.3) is 0 Å². The number of ether oxygens (including phenoxy) is 1. The molecule has 1 fully saturated rings. The summed E-state index contributed by atoms with van der Waals surface area (Å²) in [7, 11) is 1.66. The Balaban J connectivity index is 1.35. The first kappa shape index (κ1) is 20.0. The molecule has 1 aromatic heterocycles. The molecule has 7 heteroatoms. The van der Waals surface area contributed by atoms with Crippen LogP contribution in [0.2, 0.25) is 0 Å². The van der Waals surface area contributed by atoms with Crippen LogP contribution in [0, 0.1) is 0 Å². The van der Waals surface area contributed by atoms with Crippen molar-refractivity contribution in [2.45, 2.75) is 13.1 Å². The molecule has 2 heterocycles. The number of methoxy groups -OCH3 is 1. The molecule has 0 bridgehead atoms. The zero-order chi connectivity index (χ0) is 20.8. The number of hydrogen-bond acceptors (Lipinski definition) is 7. The van der Waals surface area contributed by atoms with Gasteiger partial charge in [0, 0.05) is 39.3 Å². The predicted molar refractivity (Wildman–Crippen MR) is 121 cm³/mol. The van der Waals surface area contributed by atoms with Crippen LogP contribution in [0.3, 0.4) is 0 Å². The molecule has 0 amide bonds. The van der Waals surface area contributed by atoms with E-state index >= 15 is 0 Å². The van der Waals surface area contributed by atoms with Gasteiger partial charge in [0.1, 0.15) is 17.8 Å². The van der Waals surface area contributed by atoms with Crippen molar-refractivity contribution in [1.82, 2.24) is 14.9 Å². The fourth-order valence-corrected chi connectivity index (χ4v) is 3.67. The van der Waals surface area contributed by atoms with Crippen molar-refractivity contribution in [3.8, 4) is 5.75 Å². The summed E-state index contributed by atoms with van der Waals surface area (Å²) in [6, 6.07) is 18.5. The van der Waals surface area contributed by atoms with E-state index in [1.54, 1.807) is 13.4 Å². The number of nitrogens with one attached hydrogen (secondary N) is 1. The van der Waals surface area contributed by atoms with Crippen LogP contribution in [0.15, 0.2) is 60.9 Å². The Bertz CT molecular complexity index is 940. The summed E-state index contributed by atoms with van der Waals surface area (Å²) in [6.07, 6.45) is 1.58. The number of anilines is 3. The number of benzene rings is 2. The number of nitrogen functional groups attached to an aromatic ring is 1. The van der Waals surface area contributed by atoms with Gasteiger partial charge in [0.05, 0.1) is 7.11 Å². The number of nitrogens with zero attached hydrogens (tertiary/aromatic N) is 4. The smallest absolute Gasteiger partial charge is 0.157 e. The van der Waals surface area contributed by atoms with E-state index in [4.69, 9.17) is 10.5 Å². The lowest BCUT2D eigenvalue weighted by molar-refractivity contribution is 0.249. The molecular formula is C23H28N6O. The highest BCUT2D eigenvalue weighted by atomic mass is 16.5. The van der Waals surface area contributed by atoms with Crippen molar-refractivity contribution in [1.29, 1.82) is 0 Å². The molecule has 0 atom stereocenters. The summed E-state index contributed by atoms with van der Waals surface area (Å²) in [4.78, 5) is 13.5. The highest BCUT2D eigenvalue weighted by Gasteiger charge is 2.21. The molecule has 0 spiro atoms. The Morgan fingerprint density at radius 2 is 1.67 bits per heavy atom. The molecule has 0 aliphatic carbocycles. The van der Waals surface area contributed by atoms with Crippen LogP contribution in [0.1, 0.15) is 11.1 Å². The van der Waals surface area contributed by atoms with Crippen molar-refractivity contribution in [3.05, 3.63) is 72.1 Å². The second kappa shape index (κ2) is 9.45. The van der Waals surface area contributed by atoms with Gasteiger partial charge in [0.2, 0.25) is 0 Å². The first-order valence-corrected chi connectivity index (χ1v) is 10.2. The van der Waals surface area contributed by atoms with Crippen LogP contribution in [0.5, 0.6) is 5.75 Å². The minimum Gasteiger partial charge on any atom is -0.497 e. The molecule has 0 saturated carbocycles. The zero-order valence-corrected chi connectivity index (χ0v) is 17.3. The van der Waals surface area contributed by atoms with Crippen LogP contribution >= 0.6 is 0 Å². The van der Waals surface area contributed by atoms with E-state index in [9.17, 15) is 0 Å². The van der Waals surface area contributed by atoms with Gasteiger partial charge in [-0.25, -0.2) is 9.97 Å². The SMILES string of the molecule is COc1ccc(CNc2ncnc(N3CCN(Cc4ccccc4)CC3)c2N)cc1. The second-order valence-corrected chi connectivity index (χ2v) is 7.41. The first-order chi connectivity index (χ1) is 14.7. The Hall–Kier alpha value is -3.32. The molecule has 4 rings (SSSR count). The zero-order valence-electron chi connectivity index (χ0n) is 17.3. The molecule has 30 heavy (non-hydrogen) atoms. The van der Waals surface area contributed by atoms with Crippen molar-refractivity contribution in [2.24, 2.45) is 0 Å². The fourth-order valence-electron chi connectivity index (χ4n) is 3.67. The predicted octanol–water partition coefficient (Wildman–Crippen LogP) is 3.00. The molecule has 7 nitrogen and oxygen atoms in total. The van der Waals surface area contributed by atoms with E-state index in [0.29, 0.717) is 18.1 Å². The van der Waals surface area contributed by atoms with Crippen LogP contribution < -0.4 is 20.7 Å². The van der Waals surface area contributed by atoms with Gasteiger partial charge in [-0.15, -0.1) is 0 Å². The molecule has 0 radical (unpaired) electrons. The van der Waals surface area contributed by atoms with Crippen molar-refractivity contribution in [3.63, 3.8) is 0 Å². The standard InChI is InChI=1S/C23H28N6O/c1-30-20-9-7-18(8-10-20)15-25-22-21(24)23(27-17-26-22)29-13-11-28(12-14-29)16-19-5-3-2-4-6-19/h2-10,17H,11-16,24H2,1H3,(H,25,26,27). The normalized spacial score (nSPS) is 14.5. The lowest BCUT2D eigenvalue weighted by atomic mass is 10.2. The Morgan fingerprint density at radius 3 is 2.37 bits per heavy atom. The summed E-state index contributed by atoms with van der Waals surface area (Å²) in [5.74, 6) is 2.32. The van der Waals surface area contributed by atoms with Crippen LogP contribution in [-0.2, 0) is 13.1 Å². The van der Waals surface area contributed by atoms with Gasteiger partial charge in [-0.3, -0.25) is 4.90 Å². The molecular weight excluding hydrogens is 376 g/mol. The lowest BCUT2D eigenvalue weighted by Crippen LogP contribution is -2.46. The monoisotopic (exact) mass is 404 g/mol. The minimum absolute atomic E-state index is 0.600. The molecule has 3 aromatic rings. The van der Waals surface area contributed by atoms with Crippen molar-refractivity contribution < 1.29 is 4.74 Å². The van der Waals surface area contributed by atoms with E-state index in [1.165, 1.54) is 5.56 Å². The average molecular weight is 405 g/mol. The highest BCUT2D eigenvalue weighted by molar-refractivity contribution is 5.75.